The third-order valence-electron chi connectivity index (χ3n) is 4.50. The first-order valence-corrected chi connectivity index (χ1v) is 11.0. The van der Waals surface area contributed by atoms with Crippen molar-refractivity contribution in [3.8, 4) is 10.6 Å². The van der Waals surface area contributed by atoms with Crippen LogP contribution in [-0.2, 0) is 12.2 Å². The minimum Gasteiger partial charge on any atom is -0.366 e. The van der Waals surface area contributed by atoms with Gasteiger partial charge in [0.15, 0.2) is 5.16 Å². The van der Waals surface area contributed by atoms with Crippen molar-refractivity contribution in [1.82, 2.24) is 15.0 Å². The largest absolute Gasteiger partial charge is 0.366 e. The molecular formula is C22H20N4OS2. The van der Waals surface area contributed by atoms with Gasteiger partial charge >= 0.3 is 0 Å². The number of nitrogens with two attached hydrogens (primary N) is 1. The molecule has 0 radical (unpaired) electrons. The predicted molar refractivity (Wildman–Crippen MR) is 118 cm³/mol. The Morgan fingerprint density at radius 2 is 1.86 bits per heavy atom. The van der Waals surface area contributed by atoms with Crippen LogP contribution in [0.4, 0.5) is 0 Å². The van der Waals surface area contributed by atoms with Gasteiger partial charge in [-0.15, -0.1) is 11.3 Å². The number of rotatable bonds is 7. The van der Waals surface area contributed by atoms with E-state index in [1.54, 1.807) is 35.2 Å². The van der Waals surface area contributed by atoms with Crippen LogP contribution in [0.2, 0.25) is 0 Å². The number of nitrogens with zero attached hydrogens (tertiary/aromatic N) is 2. The van der Waals surface area contributed by atoms with Crippen LogP contribution in [0, 0.1) is 6.92 Å². The van der Waals surface area contributed by atoms with Crippen molar-refractivity contribution in [1.29, 1.82) is 0 Å². The number of aryl methyl sites for hydroxylation is 1. The molecular weight excluding hydrogens is 400 g/mol. The molecule has 0 aliphatic heterocycles. The molecule has 0 atom stereocenters. The number of nitrogens with one attached hydrogen (secondary N) is 1. The van der Waals surface area contributed by atoms with Crippen molar-refractivity contribution in [3.63, 3.8) is 0 Å². The van der Waals surface area contributed by atoms with Crippen molar-refractivity contribution in [2.24, 2.45) is 5.73 Å². The van der Waals surface area contributed by atoms with Gasteiger partial charge in [-0.25, -0.2) is 9.97 Å². The number of H-pyrrole nitrogens is 1. The molecule has 0 aliphatic rings. The number of imidazole rings is 1. The maximum atomic E-state index is 11.2. The average Bonchev–Trinajstić information content (AvgIpc) is 3.34. The lowest BCUT2D eigenvalue weighted by atomic mass is 10.1. The zero-order valence-corrected chi connectivity index (χ0v) is 17.5. The second-order valence-electron chi connectivity index (χ2n) is 6.65. The van der Waals surface area contributed by atoms with E-state index >= 15 is 0 Å². The van der Waals surface area contributed by atoms with E-state index in [1.165, 1.54) is 5.56 Å². The van der Waals surface area contributed by atoms with E-state index in [1.807, 2.05) is 30.3 Å². The van der Waals surface area contributed by atoms with Gasteiger partial charge in [0.1, 0.15) is 5.01 Å². The van der Waals surface area contributed by atoms with Crippen LogP contribution in [0.25, 0.3) is 10.6 Å². The molecule has 5 nitrogen and oxygen atoms in total. The summed E-state index contributed by atoms with van der Waals surface area (Å²) in [7, 11) is 0. The standard InChI is InChI=1S/C22H20N4OS2/c1-14-19(11-15-5-3-2-4-6-15)26-22(24-14)29-13-18-12-28-21(25-18)17-9-7-16(8-10-17)20(23)27/h2-10,12H,11,13H2,1H3,(H2,23,27)(H,24,26). The molecule has 4 rings (SSSR count). The Morgan fingerprint density at radius 3 is 2.59 bits per heavy atom. The van der Waals surface area contributed by atoms with Crippen molar-refractivity contribution in [2.45, 2.75) is 24.3 Å². The van der Waals surface area contributed by atoms with Gasteiger partial charge in [-0.3, -0.25) is 4.79 Å². The molecule has 2 aromatic carbocycles. The molecule has 1 amide bonds. The summed E-state index contributed by atoms with van der Waals surface area (Å²) in [6.45, 7) is 2.06. The maximum absolute atomic E-state index is 11.2. The number of hydrogen-bond acceptors (Lipinski definition) is 5. The summed E-state index contributed by atoms with van der Waals surface area (Å²) >= 11 is 3.24. The summed E-state index contributed by atoms with van der Waals surface area (Å²) in [6.07, 6.45) is 0.825. The minimum absolute atomic E-state index is 0.423. The smallest absolute Gasteiger partial charge is 0.248 e. The van der Waals surface area contributed by atoms with Crippen LogP contribution in [0.5, 0.6) is 0 Å². The molecule has 0 fully saturated rings. The summed E-state index contributed by atoms with van der Waals surface area (Å²) in [6, 6.07) is 17.6. The fourth-order valence-electron chi connectivity index (χ4n) is 2.92. The van der Waals surface area contributed by atoms with Crippen molar-refractivity contribution in [3.05, 3.63) is 88.2 Å². The molecule has 0 aliphatic carbocycles. The number of aromatic amines is 1. The van der Waals surface area contributed by atoms with E-state index in [0.29, 0.717) is 5.56 Å². The van der Waals surface area contributed by atoms with Gasteiger partial charge in [0.05, 0.1) is 11.4 Å². The van der Waals surface area contributed by atoms with Crippen LogP contribution in [0.3, 0.4) is 0 Å². The van der Waals surface area contributed by atoms with Crippen molar-refractivity contribution < 1.29 is 4.79 Å². The molecule has 0 saturated carbocycles. The predicted octanol–water partition coefficient (Wildman–Crippen LogP) is 4.82. The molecule has 146 valence electrons. The van der Waals surface area contributed by atoms with E-state index in [9.17, 15) is 4.79 Å². The zero-order valence-electron chi connectivity index (χ0n) is 15.9. The van der Waals surface area contributed by atoms with Gasteiger partial charge in [0.25, 0.3) is 0 Å². The Hall–Kier alpha value is -2.90. The number of thioether (sulfide) groups is 1. The normalized spacial score (nSPS) is 10.9. The van der Waals surface area contributed by atoms with Crippen LogP contribution in [-0.4, -0.2) is 20.9 Å². The monoisotopic (exact) mass is 420 g/mol. The average molecular weight is 421 g/mol. The highest BCUT2D eigenvalue weighted by atomic mass is 32.2. The van der Waals surface area contributed by atoms with Crippen LogP contribution >= 0.6 is 23.1 Å². The number of aromatic nitrogens is 3. The number of amides is 1. The number of benzene rings is 2. The molecule has 2 heterocycles. The Kier molecular flexibility index (Phi) is 5.78. The molecule has 0 saturated heterocycles. The van der Waals surface area contributed by atoms with Gasteiger partial charge in [0.2, 0.25) is 5.91 Å². The Bertz CT molecular complexity index is 1120. The highest BCUT2D eigenvalue weighted by Gasteiger charge is 2.10. The fourth-order valence-corrected chi connectivity index (χ4v) is 4.69. The van der Waals surface area contributed by atoms with E-state index < -0.39 is 5.91 Å². The fraction of sp³-hybridized carbons (Fsp3) is 0.136. The van der Waals surface area contributed by atoms with Gasteiger partial charge < -0.3 is 10.7 Å². The lowest BCUT2D eigenvalue weighted by molar-refractivity contribution is 0.100. The third kappa shape index (κ3) is 4.75. The highest BCUT2D eigenvalue weighted by molar-refractivity contribution is 7.98. The number of carbonyl (C=O) groups is 1. The van der Waals surface area contributed by atoms with E-state index in [2.05, 4.69) is 29.4 Å². The Balaban J connectivity index is 1.40. The lowest BCUT2D eigenvalue weighted by Crippen LogP contribution is -2.10. The SMILES string of the molecule is Cc1[nH]c(SCc2csc(-c3ccc(C(N)=O)cc3)n2)nc1Cc1ccccc1. The second kappa shape index (κ2) is 8.63. The first-order valence-electron chi connectivity index (χ1n) is 9.15. The Morgan fingerprint density at radius 1 is 1.10 bits per heavy atom. The molecule has 0 unspecified atom stereocenters. The molecule has 2 aromatic heterocycles. The van der Waals surface area contributed by atoms with Crippen LogP contribution < -0.4 is 5.73 Å². The first kappa shape index (κ1) is 19.4. The number of carbonyl (C=O) groups excluding carboxylic acids is 1. The quantitative estimate of drug-likeness (QED) is 0.420. The first-order chi connectivity index (χ1) is 14.1. The highest BCUT2D eigenvalue weighted by Crippen LogP contribution is 2.28. The molecule has 7 heteroatoms. The number of hydrogen-bond donors (Lipinski definition) is 2. The minimum atomic E-state index is -0.423. The number of thiazole rings is 1. The van der Waals surface area contributed by atoms with E-state index in [-0.39, 0.29) is 0 Å². The third-order valence-corrected chi connectivity index (χ3v) is 6.35. The van der Waals surface area contributed by atoms with Gasteiger partial charge in [-0.05, 0) is 24.6 Å². The van der Waals surface area contributed by atoms with Crippen LogP contribution in [0.1, 0.15) is 33.0 Å². The molecule has 0 spiro atoms. The van der Waals surface area contributed by atoms with Gasteiger partial charge in [0, 0.05) is 34.4 Å². The zero-order chi connectivity index (χ0) is 20.2. The molecule has 29 heavy (non-hydrogen) atoms. The summed E-state index contributed by atoms with van der Waals surface area (Å²) in [5.41, 5.74) is 11.2. The van der Waals surface area contributed by atoms with Gasteiger partial charge in [-0.2, -0.15) is 0 Å². The van der Waals surface area contributed by atoms with E-state index in [4.69, 9.17) is 15.7 Å². The van der Waals surface area contributed by atoms with Crippen molar-refractivity contribution in [2.75, 3.05) is 0 Å². The summed E-state index contributed by atoms with van der Waals surface area (Å²) in [5.74, 6) is 0.321. The maximum Gasteiger partial charge on any atom is 0.248 e. The topological polar surface area (TPSA) is 84.7 Å². The number of primary amides is 1. The summed E-state index contributed by atoms with van der Waals surface area (Å²) in [4.78, 5) is 24.0. The van der Waals surface area contributed by atoms with E-state index in [0.717, 1.165) is 45.0 Å². The lowest BCUT2D eigenvalue weighted by Gasteiger charge is -1.98. The molecule has 4 aromatic rings. The van der Waals surface area contributed by atoms with Crippen LogP contribution in [0.15, 0.2) is 65.1 Å². The Labute approximate surface area is 177 Å². The summed E-state index contributed by atoms with van der Waals surface area (Å²) in [5, 5.41) is 3.90. The second-order valence-corrected chi connectivity index (χ2v) is 8.47. The molecule has 0 bridgehead atoms. The van der Waals surface area contributed by atoms with Gasteiger partial charge in [-0.1, -0.05) is 54.2 Å². The summed E-state index contributed by atoms with van der Waals surface area (Å²) < 4.78 is 0. The van der Waals surface area contributed by atoms with Crippen molar-refractivity contribution >= 4 is 29.0 Å². The molecule has 3 N–H and O–H groups in total.